The molecule has 2 aromatic heterocycles. The summed E-state index contributed by atoms with van der Waals surface area (Å²) in [4.78, 5) is 39.6. The van der Waals surface area contributed by atoms with E-state index < -0.39 is 5.76 Å². The van der Waals surface area contributed by atoms with Crippen molar-refractivity contribution in [3.8, 4) is 0 Å². The molecule has 164 valence electrons. The van der Waals surface area contributed by atoms with Gasteiger partial charge in [0.05, 0.1) is 22.3 Å². The van der Waals surface area contributed by atoms with Gasteiger partial charge in [-0.3, -0.25) is 14.2 Å². The second kappa shape index (κ2) is 9.21. The largest absolute Gasteiger partial charge is 0.419 e. The van der Waals surface area contributed by atoms with Gasteiger partial charge in [-0.1, -0.05) is 12.1 Å². The molecule has 0 unspecified atom stereocenters. The molecular weight excluding hydrogens is 428 g/mol. The van der Waals surface area contributed by atoms with Crippen LogP contribution in [0.3, 0.4) is 0 Å². The number of aromatic nitrogens is 1. The molecule has 2 N–H and O–H groups in total. The van der Waals surface area contributed by atoms with E-state index in [1.807, 2.05) is 24.4 Å². The summed E-state index contributed by atoms with van der Waals surface area (Å²) >= 11 is 1.42. The lowest BCUT2D eigenvalue weighted by molar-refractivity contribution is 0.102. The van der Waals surface area contributed by atoms with Gasteiger partial charge < -0.3 is 20.0 Å². The van der Waals surface area contributed by atoms with Crippen molar-refractivity contribution < 1.29 is 14.0 Å². The molecule has 0 saturated heterocycles. The Morgan fingerprint density at radius 2 is 1.88 bits per heavy atom. The topological polar surface area (TPSA) is 96.6 Å². The molecule has 4 aromatic rings. The van der Waals surface area contributed by atoms with Crippen molar-refractivity contribution in [3.05, 3.63) is 81.0 Å². The highest BCUT2D eigenvalue weighted by atomic mass is 32.1. The number of oxazole rings is 1. The predicted molar refractivity (Wildman–Crippen MR) is 126 cm³/mol. The maximum atomic E-state index is 13.0. The fourth-order valence-electron chi connectivity index (χ4n) is 3.23. The van der Waals surface area contributed by atoms with Crippen molar-refractivity contribution in [3.63, 3.8) is 0 Å². The maximum Gasteiger partial charge on any atom is 0.419 e. The Morgan fingerprint density at radius 3 is 2.62 bits per heavy atom. The molecule has 4 rings (SSSR count). The first kappa shape index (κ1) is 21.5. The predicted octanol–water partition coefficient (Wildman–Crippen LogP) is 3.72. The van der Waals surface area contributed by atoms with E-state index in [9.17, 15) is 14.4 Å². The number of thiophene rings is 1. The van der Waals surface area contributed by atoms with Crippen LogP contribution >= 0.6 is 11.3 Å². The zero-order valence-electron chi connectivity index (χ0n) is 17.6. The van der Waals surface area contributed by atoms with E-state index in [4.69, 9.17) is 4.42 Å². The van der Waals surface area contributed by atoms with Crippen LogP contribution in [0.1, 0.15) is 20.7 Å². The van der Waals surface area contributed by atoms with E-state index in [0.29, 0.717) is 46.7 Å². The Balaban J connectivity index is 1.57. The number of nitrogens with zero attached hydrogens (tertiary/aromatic N) is 2. The third-order valence-corrected chi connectivity index (χ3v) is 5.58. The summed E-state index contributed by atoms with van der Waals surface area (Å²) in [5, 5.41) is 9.20. The third-order valence-electron chi connectivity index (χ3n) is 4.90. The van der Waals surface area contributed by atoms with Crippen LogP contribution in [0.4, 0.5) is 11.4 Å². The van der Waals surface area contributed by atoms with Gasteiger partial charge in [0.1, 0.15) is 0 Å². The minimum absolute atomic E-state index is 0.281. The number of carbonyl (C=O) groups excluding carboxylic acids is 2. The number of anilines is 2. The van der Waals surface area contributed by atoms with Gasteiger partial charge in [0.25, 0.3) is 11.8 Å². The first-order valence-corrected chi connectivity index (χ1v) is 10.9. The highest BCUT2D eigenvalue weighted by Crippen LogP contribution is 2.22. The van der Waals surface area contributed by atoms with Gasteiger partial charge in [-0.2, -0.15) is 11.3 Å². The van der Waals surface area contributed by atoms with E-state index in [2.05, 4.69) is 10.6 Å². The number of likely N-dealkylation sites (N-methyl/N-ethyl adjacent to an activating group) is 1. The summed E-state index contributed by atoms with van der Waals surface area (Å²) in [6, 6.07) is 13.6. The lowest BCUT2D eigenvalue weighted by Crippen LogP contribution is -2.23. The third kappa shape index (κ3) is 4.63. The smallest absolute Gasteiger partial charge is 0.408 e. The molecule has 0 saturated carbocycles. The minimum Gasteiger partial charge on any atom is -0.408 e. The molecule has 0 bridgehead atoms. The van der Waals surface area contributed by atoms with E-state index in [1.54, 1.807) is 58.5 Å². The number of nitrogens with one attached hydrogen (secondary N) is 2. The molecule has 2 amide bonds. The Morgan fingerprint density at radius 1 is 1.06 bits per heavy atom. The maximum absolute atomic E-state index is 13.0. The van der Waals surface area contributed by atoms with Crippen LogP contribution in [-0.2, 0) is 6.54 Å². The fraction of sp³-hybridized carbons (Fsp3) is 0.174. The van der Waals surface area contributed by atoms with Crippen LogP contribution < -0.4 is 16.4 Å². The number of carbonyl (C=O) groups is 2. The zero-order valence-corrected chi connectivity index (χ0v) is 18.4. The molecule has 0 radical (unpaired) electrons. The SMILES string of the molecule is CN(C)CCn1c(=O)oc2ccc(NC(=O)c3ccccc3NC(=O)c3ccsc3)cc21. The summed E-state index contributed by atoms with van der Waals surface area (Å²) in [6.07, 6.45) is 0. The molecule has 9 heteroatoms. The molecule has 8 nitrogen and oxygen atoms in total. The average Bonchev–Trinajstić information content (AvgIpc) is 3.40. The van der Waals surface area contributed by atoms with Gasteiger partial charge in [-0.15, -0.1) is 0 Å². The summed E-state index contributed by atoms with van der Waals surface area (Å²) in [6.45, 7) is 1.13. The van der Waals surface area contributed by atoms with Crippen LogP contribution in [-0.4, -0.2) is 41.9 Å². The molecule has 32 heavy (non-hydrogen) atoms. The highest BCUT2D eigenvalue weighted by molar-refractivity contribution is 7.08. The highest BCUT2D eigenvalue weighted by Gasteiger charge is 2.16. The van der Waals surface area contributed by atoms with Crippen molar-refractivity contribution >= 4 is 45.6 Å². The second-order valence-corrected chi connectivity index (χ2v) is 8.25. The minimum atomic E-state index is -0.438. The van der Waals surface area contributed by atoms with E-state index >= 15 is 0 Å². The van der Waals surface area contributed by atoms with Gasteiger partial charge in [-0.05, 0) is 55.9 Å². The van der Waals surface area contributed by atoms with Crippen LogP contribution in [0.5, 0.6) is 0 Å². The first-order valence-electron chi connectivity index (χ1n) is 9.94. The number of benzene rings is 2. The van der Waals surface area contributed by atoms with Gasteiger partial charge >= 0.3 is 5.76 Å². The number of amides is 2. The molecular formula is C23H22N4O4S. The molecule has 0 aliphatic rings. The van der Waals surface area contributed by atoms with Crippen LogP contribution in [0, 0.1) is 0 Å². The Kier molecular flexibility index (Phi) is 6.20. The Labute approximate surface area is 188 Å². The van der Waals surface area contributed by atoms with E-state index in [-0.39, 0.29) is 11.8 Å². The van der Waals surface area contributed by atoms with Crippen LogP contribution in [0.2, 0.25) is 0 Å². The zero-order chi connectivity index (χ0) is 22.7. The summed E-state index contributed by atoms with van der Waals surface area (Å²) in [5.74, 6) is -1.10. The molecule has 0 spiro atoms. The van der Waals surface area contributed by atoms with Gasteiger partial charge in [-0.25, -0.2) is 4.79 Å². The van der Waals surface area contributed by atoms with E-state index in [1.165, 1.54) is 11.3 Å². The lowest BCUT2D eigenvalue weighted by Gasteiger charge is -2.12. The molecule has 0 aliphatic carbocycles. The van der Waals surface area contributed by atoms with Gasteiger partial charge in [0.2, 0.25) is 0 Å². The fourth-order valence-corrected chi connectivity index (χ4v) is 3.86. The van der Waals surface area contributed by atoms with E-state index in [0.717, 1.165) is 0 Å². The summed E-state index contributed by atoms with van der Waals surface area (Å²) < 4.78 is 6.85. The number of rotatable bonds is 7. The molecule has 2 aromatic carbocycles. The number of hydrogen-bond acceptors (Lipinski definition) is 6. The second-order valence-electron chi connectivity index (χ2n) is 7.47. The van der Waals surface area contributed by atoms with Gasteiger partial charge in [0, 0.05) is 24.2 Å². The molecule has 0 fully saturated rings. The monoisotopic (exact) mass is 450 g/mol. The number of hydrogen-bond donors (Lipinski definition) is 2. The van der Waals surface area contributed by atoms with Crippen molar-refractivity contribution in [2.75, 3.05) is 31.3 Å². The normalized spacial score (nSPS) is 11.1. The van der Waals surface area contributed by atoms with Crippen molar-refractivity contribution in [1.82, 2.24) is 9.47 Å². The molecule has 0 atom stereocenters. The molecule has 0 aliphatic heterocycles. The Hall–Kier alpha value is -3.69. The standard InChI is InChI=1S/C23H22N4O4S/c1-26(2)10-11-27-19-13-16(7-8-20(19)31-23(27)30)24-22(29)17-5-3-4-6-18(17)25-21(28)15-9-12-32-14-15/h3-9,12-14H,10-11H2,1-2H3,(H,24,29)(H,25,28). The van der Waals surface area contributed by atoms with Gasteiger partial charge in [0.15, 0.2) is 5.58 Å². The number of para-hydroxylation sites is 1. The summed E-state index contributed by atoms with van der Waals surface area (Å²) in [5.41, 5.74) is 2.85. The number of fused-ring (bicyclic) bond motifs is 1. The summed E-state index contributed by atoms with van der Waals surface area (Å²) in [7, 11) is 3.85. The quantitative estimate of drug-likeness (QED) is 0.447. The average molecular weight is 451 g/mol. The van der Waals surface area contributed by atoms with Crippen LogP contribution in [0.25, 0.3) is 11.1 Å². The van der Waals surface area contributed by atoms with Crippen molar-refractivity contribution in [1.29, 1.82) is 0 Å². The van der Waals surface area contributed by atoms with Crippen molar-refractivity contribution in [2.45, 2.75) is 6.54 Å². The Bertz CT molecular complexity index is 1320. The lowest BCUT2D eigenvalue weighted by atomic mass is 10.1. The van der Waals surface area contributed by atoms with Crippen molar-refractivity contribution in [2.24, 2.45) is 0 Å². The first-order chi connectivity index (χ1) is 15.4. The van der Waals surface area contributed by atoms with Crippen LogP contribution in [0.15, 0.2) is 68.5 Å². The molecule has 2 heterocycles.